The van der Waals surface area contributed by atoms with Crippen molar-refractivity contribution in [3.05, 3.63) is 34.6 Å². The number of amides is 1. The largest absolute Gasteiger partial charge is 0.384 e. The highest BCUT2D eigenvalue weighted by molar-refractivity contribution is 6.31. The monoisotopic (exact) mass is 466 g/mol. The molecule has 2 aliphatic heterocycles. The highest BCUT2D eigenvalue weighted by Crippen LogP contribution is 2.38. The maximum absolute atomic E-state index is 13.5. The van der Waals surface area contributed by atoms with Gasteiger partial charge in [0, 0.05) is 42.7 Å². The van der Waals surface area contributed by atoms with Gasteiger partial charge < -0.3 is 10.1 Å². The molecule has 178 valence electrons. The quantitative estimate of drug-likeness (QED) is 0.505. The molecule has 0 aliphatic carbocycles. The summed E-state index contributed by atoms with van der Waals surface area (Å²) in [4.78, 5) is 27.4. The number of benzene rings is 1. The lowest BCUT2D eigenvalue weighted by Gasteiger charge is -2.38. The van der Waals surface area contributed by atoms with Crippen LogP contribution in [0.25, 0.3) is 0 Å². The summed E-state index contributed by atoms with van der Waals surface area (Å²) in [5.74, 6) is -0.111. The summed E-state index contributed by atoms with van der Waals surface area (Å²) in [5.41, 5.74) is 0.350. The number of hydrogen-bond acceptors (Lipinski definition) is 4. The Bertz CT molecular complexity index is 782. The van der Waals surface area contributed by atoms with E-state index >= 15 is 0 Å². The minimum Gasteiger partial charge on any atom is -0.384 e. The second kappa shape index (κ2) is 11.1. The van der Waals surface area contributed by atoms with E-state index in [2.05, 4.69) is 24.1 Å². The number of hydrogen-bond donors (Lipinski definition) is 1. The molecule has 3 atom stereocenters. The number of methoxy groups -OCH3 is 1. The van der Waals surface area contributed by atoms with E-state index in [1.54, 1.807) is 7.11 Å². The summed E-state index contributed by atoms with van der Waals surface area (Å²) in [6.07, 6.45) is 6.70. The number of nitrogens with one attached hydrogen (secondary N) is 1. The van der Waals surface area contributed by atoms with E-state index in [-0.39, 0.29) is 21.9 Å². The Balaban J connectivity index is 1.43. The number of ether oxygens (including phenoxy) is 1. The Labute approximate surface area is 196 Å². The van der Waals surface area contributed by atoms with Crippen LogP contribution in [0.4, 0.5) is 4.39 Å². The zero-order valence-corrected chi connectivity index (χ0v) is 20.2. The molecule has 2 fully saturated rings. The maximum atomic E-state index is 13.5. The molecule has 1 aromatic carbocycles. The lowest BCUT2D eigenvalue weighted by atomic mass is 9.87. The predicted octanol–water partition coefficient (Wildman–Crippen LogP) is 4.86. The predicted molar refractivity (Wildman–Crippen MR) is 124 cm³/mol. The van der Waals surface area contributed by atoms with Crippen molar-refractivity contribution < 1.29 is 18.7 Å². The number of carbonyl (C=O) groups excluding carboxylic acids is 2. The van der Waals surface area contributed by atoms with Crippen molar-refractivity contribution in [3.63, 3.8) is 0 Å². The molecule has 2 bridgehead atoms. The lowest BCUT2D eigenvalue weighted by molar-refractivity contribution is -0.121. The number of nitrogens with zero attached hydrogens (tertiary/aromatic N) is 1. The third kappa shape index (κ3) is 7.00. The van der Waals surface area contributed by atoms with Crippen LogP contribution in [-0.2, 0) is 9.53 Å². The van der Waals surface area contributed by atoms with Gasteiger partial charge in [-0.15, -0.1) is 0 Å². The van der Waals surface area contributed by atoms with Crippen molar-refractivity contribution in [2.45, 2.75) is 70.9 Å². The van der Waals surface area contributed by atoms with Gasteiger partial charge in [0.25, 0.3) is 5.91 Å². The van der Waals surface area contributed by atoms with Gasteiger partial charge in [-0.2, -0.15) is 0 Å². The van der Waals surface area contributed by atoms with Crippen molar-refractivity contribution in [2.24, 2.45) is 11.3 Å². The molecule has 0 aromatic heterocycles. The summed E-state index contributed by atoms with van der Waals surface area (Å²) in [6, 6.07) is 4.69. The maximum Gasteiger partial charge on any atom is 0.251 e. The first-order chi connectivity index (χ1) is 15.2. The molecular formula is C25H36ClFN2O3. The van der Waals surface area contributed by atoms with Crippen molar-refractivity contribution in [1.29, 1.82) is 0 Å². The molecule has 1 amide bonds. The number of piperidine rings is 1. The summed E-state index contributed by atoms with van der Waals surface area (Å²) in [6.45, 7) is 6.17. The smallest absolute Gasteiger partial charge is 0.251 e. The number of rotatable bonds is 11. The van der Waals surface area contributed by atoms with E-state index in [0.717, 1.165) is 38.5 Å². The zero-order chi connectivity index (χ0) is 23.3. The van der Waals surface area contributed by atoms with E-state index in [1.807, 2.05) is 0 Å². The van der Waals surface area contributed by atoms with Crippen LogP contribution in [0.5, 0.6) is 0 Å². The van der Waals surface area contributed by atoms with Gasteiger partial charge in [0.1, 0.15) is 11.6 Å². The molecule has 1 unspecified atom stereocenters. The number of halogens is 2. The van der Waals surface area contributed by atoms with Crippen LogP contribution >= 0.6 is 11.6 Å². The lowest BCUT2D eigenvalue weighted by Crippen LogP contribution is -2.47. The Morgan fingerprint density at radius 2 is 1.91 bits per heavy atom. The van der Waals surface area contributed by atoms with Crippen molar-refractivity contribution >= 4 is 23.3 Å². The van der Waals surface area contributed by atoms with Gasteiger partial charge >= 0.3 is 0 Å². The molecule has 0 radical (unpaired) electrons. The van der Waals surface area contributed by atoms with Crippen LogP contribution in [0, 0.1) is 17.2 Å². The van der Waals surface area contributed by atoms with Crippen molar-refractivity contribution in [3.8, 4) is 0 Å². The standard InChI is InChI=1S/C25H36ClFN2O3/c1-25(2,16-32-3)8-4-5-23(30)15-29-21-6-7-22(29)10-17(9-21)14-28-24(31)18-11-19(26)13-20(27)12-18/h11-13,17,21-22H,4-10,14-16H2,1-3H3,(H,28,31)/t17?,21-,22+. The molecule has 2 saturated heterocycles. The first-order valence-electron chi connectivity index (χ1n) is 11.7. The average molecular weight is 467 g/mol. The average Bonchev–Trinajstić information content (AvgIpc) is 2.93. The summed E-state index contributed by atoms with van der Waals surface area (Å²) in [7, 11) is 1.72. The van der Waals surface area contributed by atoms with E-state index < -0.39 is 5.82 Å². The van der Waals surface area contributed by atoms with Crippen molar-refractivity contribution in [1.82, 2.24) is 10.2 Å². The third-order valence-electron chi connectivity index (χ3n) is 6.86. The van der Waals surface area contributed by atoms with Gasteiger partial charge in [0.15, 0.2) is 0 Å². The molecule has 7 heteroatoms. The van der Waals surface area contributed by atoms with Gasteiger partial charge in [0.05, 0.1) is 13.2 Å². The first-order valence-corrected chi connectivity index (χ1v) is 12.1. The molecule has 32 heavy (non-hydrogen) atoms. The van der Waals surface area contributed by atoms with Crippen LogP contribution in [-0.4, -0.2) is 55.5 Å². The van der Waals surface area contributed by atoms with Gasteiger partial charge in [-0.3, -0.25) is 14.5 Å². The molecule has 2 heterocycles. The summed E-state index contributed by atoms with van der Waals surface area (Å²) < 4.78 is 18.8. The van der Waals surface area contributed by atoms with E-state index in [1.165, 1.54) is 18.2 Å². The number of ketones is 1. The van der Waals surface area contributed by atoms with Gasteiger partial charge in [-0.1, -0.05) is 25.4 Å². The van der Waals surface area contributed by atoms with E-state index in [4.69, 9.17) is 16.3 Å². The Hall–Kier alpha value is -1.50. The molecule has 2 aliphatic rings. The fourth-order valence-electron chi connectivity index (χ4n) is 5.35. The number of carbonyl (C=O) groups is 2. The van der Waals surface area contributed by atoms with Crippen molar-refractivity contribution in [2.75, 3.05) is 26.8 Å². The van der Waals surface area contributed by atoms with Crippen LogP contribution < -0.4 is 5.32 Å². The Morgan fingerprint density at radius 1 is 1.22 bits per heavy atom. The van der Waals surface area contributed by atoms with Crippen LogP contribution in [0.2, 0.25) is 5.02 Å². The SMILES string of the molecule is COCC(C)(C)CCCC(=O)CN1[C@@H]2CC[C@H]1CC(CNC(=O)c1cc(F)cc(Cl)c1)C2. The topological polar surface area (TPSA) is 58.6 Å². The second-order valence-corrected chi connectivity index (χ2v) is 10.7. The second-order valence-electron chi connectivity index (χ2n) is 10.3. The minimum absolute atomic E-state index is 0.105. The molecule has 3 rings (SSSR count). The molecule has 1 aromatic rings. The van der Waals surface area contributed by atoms with E-state index in [9.17, 15) is 14.0 Å². The molecule has 5 nitrogen and oxygen atoms in total. The highest BCUT2D eigenvalue weighted by Gasteiger charge is 2.41. The van der Waals surface area contributed by atoms with E-state index in [0.29, 0.717) is 49.9 Å². The van der Waals surface area contributed by atoms with Crippen LogP contribution in [0.3, 0.4) is 0 Å². The molecular weight excluding hydrogens is 431 g/mol. The normalized spacial score (nSPS) is 23.3. The Kier molecular flexibility index (Phi) is 8.70. The Morgan fingerprint density at radius 3 is 2.53 bits per heavy atom. The van der Waals surface area contributed by atoms with Crippen LogP contribution in [0.1, 0.15) is 69.2 Å². The van der Waals surface area contributed by atoms with Gasteiger partial charge in [-0.05, 0) is 68.1 Å². The molecule has 1 N–H and O–H groups in total. The fourth-order valence-corrected chi connectivity index (χ4v) is 5.57. The minimum atomic E-state index is -0.513. The number of Topliss-reactive ketones (excluding diaryl/α,β-unsaturated/α-hetero) is 1. The summed E-state index contributed by atoms with van der Waals surface area (Å²) in [5, 5.41) is 3.16. The zero-order valence-electron chi connectivity index (χ0n) is 19.5. The van der Waals surface area contributed by atoms with Crippen LogP contribution in [0.15, 0.2) is 18.2 Å². The highest BCUT2D eigenvalue weighted by atomic mass is 35.5. The molecule has 0 saturated carbocycles. The fraction of sp³-hybridized carbons (Fsp3) is 0.680. The number of fused-ring (bicyclic) bond motifs is 2. The van der Waals surface area contributed by atoms with Gasteiger partial charge in [0.2, 0.25) is 0 Å². The van der Waals surface area contributed by atoms with Gasteiger partial charge in [-0.25, -0.2) is 4.39 Å². The summed E-state index contributed by atoms with van der Waals surface area (Å²) >= 11 is 5.86. The third-order valence-corrected chi connectivity index (χ3v) is 7.08. The molecule has 0 spiro atoms. The first kappa shape index (κ1) is 25.1.